The van der Waals surface area contributed by atoms with Gasteiger partial charge in [-0.25, -0.2) is 8.42 Å². The first-order chi connectivity index (χ1) is 16.4. The normalized spacial score (nSPS) is 15.2. The third-order valence-corrected chi connectivity index (χ3v) is 8.65. The number of hydrogen-bond donors (Lipinski definition) is 0. The van der Waals surface area contributed by atoms with Crippen LogP contribution in [0.4, 0.5) is 0 Å². The second-order valence-electron chi connectivity index (χ2n) is 8.55. The van der Waals surface area contributed by atoms with Crippen molar-refractivity contribution in [2.75, 3.05) is 20.2 Å². The Hall–Kier alpha value is -2.67. The fourth-order valence-electron chi connectivity index (χ4n) is 4.35. The van der Waals surface area contributed by atoms with E-state index in [1.807, 2.05) is 42.5 Å². The maximum absolute atomic E-state index is 13.1. The average Bonchev–Trinajstić information content (AvgIpc) is 2.88. The third-order valence-electron chi connectivity index (χ3n) is 6.43. The maximum atomic E-state index is 13.1. The van der Waals surface area contributed by atoms with Gasteiger partial charge in [-0.2, -0.15) is 4.31 Å². The average molecular weight is 498 g/mol. The molecule has 5 nitrogen and oxygen atoms in total. The first-order valence-corrected chi connectivity index (χ1v) is 13.2. The summed E-state index contributed by atoms with van der Waals surface area (Å²) in [6, 6.07) is 22.0. The summed E-state index contributed by atoms with van der Waals surface area (Å²) < 4.78 is 33.0. The zero-order chi connectivity index (χ0) is 24.1. The van der Waals surface area contributed by atoms with E-state index in [-0.39, 0.29) is 5.78 Å². The molecule has 0 radical (unpaired) electrons. The fourth-order valence-corrected chi connectivity index (χ4v) is 6.01. The minimum absolute atomic E-state index is 0.0449. The zero-order valence-electron chi connectivity index (χ0n) is 19.1. The molecule has 0 amide bonds. The highest BCUT2D eigenvalue weighted by atomic mass is 35.5. The molecule has 7 heteroatoms. The molecule has 0 atom stereocenters. The number of hydrogen-bond acceptors (Lipinski definition) is 4. The van der Waals surface area contributed by atoms with Gasteiger partial charge in [0.15, 0.2) is 5.78 Å². The van der Waals surface area contributed by atoms with Crippen LogP contribution in [0.25, 0.3) is 11.1 Å². The topological polar surface area (TPSA) is 63.7 Å². The Balaban J connectivity index is 1.32. The lowest BCUT2D eigenvalue weighted by Crippen LogP contribution is -2.38. The predicted octanol–water partition coefficient (Wildman–Crippen LogP) is 6.08. The number of ether oxygens (including phenoxy) is 1. The van der Waals surface area contributed by atoms with Crippen molar-refractivity contribution in [3.63, 3.8) is 0 Å². The molecule has 0 unspecified atom stereocenters. The molecule has 0 N–H and O–H groups in total. The van der Waals surface area contributed by atoms with E-state index in [0.29, 0.717) is 46.7 Å². The fraction of sp³-hybridized carbons (Fsp3) is 0.296. The van der Waals surface area contributed by atoms with Crippen molar-refractivity contribution in [2.24, 2.45) is 5.92 Å². The molecule has 0 aliphatic carbocycles. The van der Waals surface area contributed by atoms with Gasteiger partial charge in [0.25, 0.3) is 0 Å². The van der Waals surface area contributed by atoms with Crippen molar-refractivity contribution >= 4 is 27.4 Å². The second-order valence-corrected chi connectivity index (χ2v) is 10.9. The van der Waals surface area contributed by atoms with Crippen LogP contribution in [0.3, 0.4) is 0 Å². The summed E-state index contributed by atoms with van der Waals surface area (Å²) >= 11 is 6.04. The summed E-state index contributed by atoms with van der Waals surface area (Å²) in [5, 5.41) is 0.474. The van der Waals surface area contributed by atoms with Crippen LogP contribution in [0, 0.1) is 5.92 Å². The Labute approximate surface area is 206 Å². The summed E-state index contributed by atoms with van der Waals surface area (Å²) in [5.74, 6) is 0.858. The molecule has 3 aromatic carbocycles. The van der Waals surface area contributed by atoms with E-state index in [0.717, 1.165) is 30.4 Å². The van der Waals surface area contributed by atoms with Gasteiger partial charge in [-0.3, -0.25) is 4.79 Å². The SMILES string of the molecule is COc1cc(C(=O)CCC2CCN(S(=O)(=O)c3ccc(-c4ccccc4)cc3)CC2)ccc1Cl. The number of ketones is 1. The van der Waals surface area contributed by atoms with Gasteiger partial charge in [0, 0.05) is 25.1 Å². The number of halogens is 1. The Morgan fingerprint density at radius 1 is 0.971 bits per heavy atom. The Bertz CT molecular complexity index is 1240. The summed E-state index contributed by atoms with van der Waals surface area (Å²) in [6.45, 7) is 0.937. The van der Waals surface area contributed by atoms with Crippen LogP contribution >= 0.6 is 11.6 Å². The molecule has 0 saturated carbocycles. The number of carbonyl (C=O) groups excluding carboxylic acids is 1. The molecule has 0 spiro atoms. The minimum atomic E-state index is -3.53. The largest absolute Gasteiger partial charge is 0.495 e. The van der Waals surface area contributed by atoms with Crippen molar-refractivity contribution < 1.29 is 17.9 Å². The second kappa shape index (κ2) is 10.7. The molecule has 1 aliphatic rings. The lowest BCUT2D eigenvalue weighted by Gasteiger charge is -2.31. The van der Waals surface area contributed by atoms with Gasteiger partial charge in [0.2, 0.25) is 10.0 Å². The lowest BCUT2D eigenvalue weighted by atomic mass is 9.91. The van der Waals surface area contributed by atoms with Crippen molar-refractivity contribution in [1.29, 1.82) is 0 Å². The van der Waals surface area contributed by atoms with Crippen LogP contribution in [-0.2, 0) is 10.0 Å². The summed E-state index contributed by atoms with van der Waals surface area (Å²) in [5.41, 5.74) is 2.63. The van der Waals surface area contributed by atoms with Crippen molar-refractivity contribution in [2.45, 2.75) is 30.6 Å². The van der Waals surface area contributed by atoms with E-state index < -0.39 is 10.0 Å². The molecule has 1 fully saturated rings. The Morgan fingerprint density at radius 3 is 2.26 bits per heavy atom. The molecule has 1 heterocycles. The number of nitrogens with zero attached hydrogens (tertiary/aromatic N) is 1. The highest BCUT2D eigenvalue weighted by Gasteiger charge is 2.29. The number of methoxy groups -OCH3 is 1. The minimum Gasteiger partial charge on any atom is -0.495 e. The van der Waals surface area contributed by atoms with Gasteiger partial charge in [-0.05, 0) is 66.6 Å². The van der Waals surface area contributed by atoms with Crippen LogP contribution < -0.4 is 4.74 Å². The van der Waals surface area contributed by atoms with Crippen molar-refractivity contribution in [3.05, 3.63) is 83.4 Å². The van der Waals surface area contributed by atoms with E-state index in [9.17, 15) is 13.2 Å². The first kappa shape index (κ1) is 24.5. The smallest absolute Gasteiger partial charge is 0.243 e. The van der Waals surface area contributed by atoms with E-state index in [4.69, 9.17) is 16.3 Å². The van der Waals surface area contributed by atoms with Gasteiger partial charge in [-0.1, -0.05) is 54.1 Å². The number of carbonyl (C=O) groups is 1. The Kier molecular flexibility index (Phi) is 7.71. The molecule has 1 saturated heterocycles. The molecule has 4 rings (SSSR count). The van der Waals surface area contributed by atoms with Gasteiger partial charge >= 0.3 is 0 Å². The molecule has 0 aromatic heterocycles. The third kappa shape index (κ3) is 5.52. The maximum Gasteiger partial charge on any atom is 0.243 e. The molecule has 34 heavy (non-hydrogen) atoms. The monoisotopic (exact) mass is 497 g/mol. The highest BCUT2D eigenvalue weighted by molar-refractivity contribution is 7.89. The molecular formula is C27H28ClNO4S. The summed E-state index contributed by atoms with van der Waals surface area (Å²) in [7, 11) is -2.01. The predicted molar refractivity (Wildman–Crippen MR) is 135 cm³/mol. The number of rotatable bonds is 8. The lowest BCUT2D eigenvalue weighted by molar-refractivity contribution is 0.0967. The van der Waals surface area contributed by atoms with Crippen LogP contribution in [0.1, 0.15) is 36.0 Å². The standard InChI is InChI=1S/C27H28ClNO4S/c1-33-27-19-23(10-13-25(27)28)26(30)14-7-20-15-17-29(18-16-20)34(31,32)24-11-8-22(9-12-24)21-5-3-2-4-6-21/h2-6,8-13,19-20H,7,14-18H2,1H3. The number of sulfonamides is 1. The quantitative estimate of drug-likeness (QED) is 0.354. The molecule has 3 aromatic rings. The van der Waals surface area contributed by atoms with E-state index >= 15 is 0 Å². The van der Waals surface area contributed by atoms with Crippen molar-refractivity contribution in [3.8, 4) is 16.9 Å². The molecule has 178 valence electrons. The van der Waals surface area contributed by atoms with Crippen LogP contribution in [0.15, 0.2) is 77.7 Å². The number of Topliss-reactive ketones (excluding diaryl/α,β-unsaturated/α-hetero) is 1. The van der Waals surface area contributed by atoms with Crippen LogP contribution in [0.2, 0.25) is 5.02 Å². The molecular weight excluding hydrogens is 470 g/mol. The van der Waals surface area contributed by atoms with E-state index in [1.54, 1.807) is 34.6 Å². The van der Waals surface area contributed by atoms with Gasteiger partial charge in [-0.15, -0.1) is 0 Å². The summed E-state index contributed by atoms with van der Waals surface area (Å²) in [6.07, 6.45) is 2.66. The molecule has 0 bridgehead atoms. The van der Waals surface area contributed by atoms with Gasteiger partial charge in [0.1, 0.15) is 5.75 Å². The number of piperidine rings is 1. The molecule has 1 aliphatic heterocycles. The van der Waals surface area contributed by atoms with Gasteiger partial charge in [0.05, 0.1) is 17.0 Å². The number of benzene rings is 3. The van der Waals surface area contributed by atoms with E-state index in [1.165, 1.54) is 7.11 Å². The first-order valence-electron chi connectivity index (χ1n) is 11.4. The van der Waals surface area contributed by atoms with E-state index in [2.05, 4.69) is 0 Å². The van der Waals surface area contributed by atoms with Crippen molar-refractivity contribution in [1.82, 2.24) is 4.31 Å². The Morgan fingerprint density at radius 2 is 1.62 bits per heavy atom. The van der Waals surface area contributed by atoms with Gasteiger partial charge < -0.3 is 4.74 Å². The van der Waals surface area contributed by atoms with Crippen LogP contribution in [0.5, 0.6) is 5.75 Å². The van der Waals surface area contributed by atoms with Crippen LogP contribution in [-0.4, -0.2) is 38.7 Å². The highest BCUT2D eigenvalue weighted by Crippen LogP contribution is 2.30. The summed E-state index contributed by atoms with van der Waals surface area (Å²) in [4.78, 5) is 12.9. The zero-order valence-corrected chi connectivity index (χ0v) is 20.7.